The van der Waals surface area contributed by atoms with Crippen LogP contribution >= 0.6 is 0 Å². The molecule has 0 bridgehead atoms. The molecule has 0 unspecified atom stereocenters. The molecule has 1 aliphatic carbocycles. The maximum Gasteiger partial charge on any atom is 0.407 e. The molecular formula is C17H33N3O2. The molecule has 5 nitrogen and oxygen atoms in total. The zero-order chi connectivity index (χ0) is 16.2. The van der Waals surface area contributed by atoms with Crippen molar-refractivity contribution >= 4 is 6.09 Å². The molecule has 1 amide bonds. The molecule has 0 aromatic rings. The number of amides is 1. The first kappa shape index (κ1) is 17.5. The van der Waals surface area contributed by atoms with E-state index in [-0.39, 0.29) is 12.1 Å². The van der Waals surface area contributed by atoms with E-state index in [1.807, 2.05) is 20.8 Å². The summed E-state index contributed by atoms with van der Waals surface area (Å²) < 4.78 is 5.27. The zero-order valence-corrected chi connectivity index (χ0v) is 14.7. The average molecular weight is 311 g/mol. The van der Waals surface area contributed by atoms with Crippen LogP contribution in [0, 0.1) is 5.92 Å². The highest BCUT2D eigenvalue weighted by Crippen LogP contribution is 2.21. The number of piperidine rings is 1. The minimum Gasteiger partial charge on any atom is -0.444 e. The minimum atomic E-state index is -0.419. The lowest BCUT2D eigenvalue weighted by Crippen LogP contribution is -2.54. The van der Waals surface area contributed by atoms with Gasteiger partial charge in [-0.25, -0.2) is 4.79 Å². The van der Waals surface area contributed by atoms with Crippen LogP contribution in [0.3, 0.4) is 0 Å². The fraction of sp³-hybridized carbons (Fsp3) is 0.941. The molecule has 1 aliphatic heterocycles. The molecule has 1 saturated carbocycles. The Morgan fingerprint density at radius 2 is 1.82 bits per heavy atom. The third-order valence-electron chi connectivity index (χ3n) is 4.60. The van der Waals surface area contributed by atoms with Gasteiger partial charge in [0, 0.05) is 25.2 Å². The van der Waals surface area contributed by atoms with Gasteiger partial charge in [0.1, 0.15) is 5.60 Å². The maximum absolute atomic E-state index is 11.7. The lowest BCUT2D eigenvalue weighted by Gasteiger charge is -2.37. The van der Waals surface area contributed by atoms with E-state index >= 15 is 0 Å². The summed E-state index contributed by atoms with van der Waals surface area (Å²) in [7, 11) is 0. The van der Waals surface area contributed by atoms with E-state index in [2.05, 4.69) is 22.5 Å². The number of nitrogens with zero attached hydrogens (tertiary/aromatic N) is 1. The molecule has 1 heterocycles. The largest absolute Gasteiger partial charge is 0.444 e. The van der Waals surface area contributed by atoms with E-state index in [9.17, 15) is 4.79 Å². The molecule has 2 aliphatic rings. The molecule has 5 heteroatoms. The van der Waals surface area contributed by atoms with E-state index in [4.69, 9.17) is 4.74 Å². The Morgan fingerprint density at radius 3 is 2.41 bits per heavy atom. The van der Waals surface area contributed by atoms with E-state index < -0.39 is 5.60 Å². The summed E-state index contributed by atoms with van der Waals surface area (Å²) in [6.07, 6.45) is 4.40. The van der Waals surface area contributed by atoms with E-state index in [1.165, 1.54) is 25.9 Å². The van der Waals surface area contributed by atoms with E-state index in [1.54, 1.807) is 0 Å². The SMILES string of the molecule is CC1CCN(CCNC2CC(NC(=O)OC(C)(C)C)C2)CC1. The predicted octanol–water partition coefficient (Wildman–Crippen LogP) is 2.36. The Kier molecular flexibility index (Phi) is 6.09. The summed E-state index contributed by atoms with van der Waals surface area (Å²) in [5.74, 6) is 0.899. The molecule has 0 aromatic heterocycles. The van der Waals surface area contributed by atoms with Gasteiger partial charge in [-0.1, -0.05) is 6.92 Å². The van der Waals surface area contributed by atoms with Crippen LogP contribution in [-0.2, 0) is 4.74 Å². The number of nitrogens with one attached hydrogen (secondary N) is 2. The number of hydrogen-bond acceptors (Lipinski definition) is 4. The van der Waals surface area contributed by atoms with Crippen molar-refractivity contribution in [2.75, 3.05) is 26.2 Å². The maximum atomic E-state index is 11.7. The summed E-state index contributed by atoms with van der Waals surface area (Å²) in [4.78, 5) is 14.2. The van der Waals surface area contributed by atoms with Crippen molar-refractivity contribution in [1.82, 2.24) is 15.5 Å². The van der Waals surface area contributed by atoms with Gasteiger partial charge in [-0.2, -0.15) is 0 Å². The smallest absolute Gasteiger partial charge is 0.407 e. The quantitative estimate of drug-likeness (QED) is 0.818. The van der Waals surface area contributed by atoms with Crippen molar-refractivity contribution in [3.63, 3.8) is 0 Å². The van der Waals surface area contributed by atoms with Crippen LogP contribution < -0.4 is 10.6 Å². The van der Waals surface area contributed by atoms with Gasteiger partial charge < -0.3 is 20.3 Å². The van der Waals surface area contributed by atoms with Crippen molar-refractivity contribution in [1.29, 1.82) is 0 Å². The van der Waals surface area contributed by atoms with Gasteiger partial charge in [-0.3, -0.25) is 0 Å². The van der Waals surface area contributed by atoms with Crippen LogP contribution in [0.25, 0.3) is 0 Å². The number of hydrogen-bond donors (Lipinski definition) is 2. The van der Waals surface area contributed by atoms with Crippen LogP contribution in [0.4, 0.5) is 4.79 Å². The molecule has 128 valence electrons. The number of ether oxygens (including phenoxy) is 1. The highest BCUT2D eigenvalue weighted by atomic mass is 16.6. The molecule has 2 N–H and O–H groups in total. The fourth-order valence-corrected chi connectivity index (χ4v) is 3.09. The van der Waals surface area contributed by atoms with E-state index in [0.29, 0.717) is 6.04 Å². The second-order valence-corrected chi connectivity index (χ2v) is 7.99. The van der Waals surface area contributed by atoms with E-state index in [0.717, 1.165) is 31.8 Å². The molecule has 22 heavy (non-hydrogen) atoms. The molecule has 2 fully saturated rings. The summed E-state index contributed by atoms with van der Waals surface area (Å²) >= 11 is 0. The van der Waals surface area contributed by atoms with Gasteiger partial charge in [0.15, 0.2) is 0 Å². The summed E-state index contributed by atoms with van der Waals surface area (Å²) in [6.45, 7) is 12.7. The lowest BCUT2D eigenvalue weighted by atomic mass is 9.87. The molecule has 0 spiro atoms. The number of carbonyl (C=O) groups excluding carboxylic acids is 1. The van der Waals surface area contributed by atoms with Crippen LogP contribution in [0.15, 0.2) is 0 Å². The molecule has 2 rings (SSSR count). The van der Waals surface area contributed by atoms with Gasteiger partial charge in [0.05, 0.1) is 0 Å². The third kappa shape index (κ3) is 6.13. The predicted molar refractivity (Wildman–Crippen MR) is 89.0 cm³/mol. The summed E-state index contributed by atoms with van der Waals surface area (Å²) in [6, 6.07) is 0.812. The molecule has 0 atom stereocenters. The van der Waals surface area contributed by atoms with Crippen LogP contribution in [0.1, 0.15) is 53.4 Å². The Morgan fingerprint density at radius 1 is 1.18 bits per heavy atom. The first-order valence-electron chi connectivity index (χ1n) is 8.77. The average Bonchev–Trinajstić information content (AvgIpc) is 2.35. The van der Waals surface area contributed by atoms with Gasteiger partial charge in [-0.05, 0) is 65.5 Å². The van der Waals surface area contributed by atoms with Gasteiger partial charge in [0.2, 0.25) is 0 Å². The monoisotopic (exact) mass is 311 g/mol. The third-order valence-corrected chi connectivity index (χ3v) is 4.60. The van der Waals surface area contributed by atoms with Gasteiger partial charge in [0.25, 0.3) is 0 Å². The molecular weight excluding hydrogens is 278 g/mol. The van der Waals surface area contributed by atoms with Crippen LogP contribution in [-0.4, -0.2) is 54.9 Å². The van der Waals surface area contributed by atoms with Crippen molar-refractivity contribution in [3.8, 4) is 0 Å². The Balaban J connectivity index is 1.50. The molecule has 1 saturated heterocycles. The van der Waals surface area contributed by atoms with Crippen LogP contribution in [0.2, 0.25) is 0 Å². The van der Waals surface area contributed by atoms with Crippen molar-refractivity contribution < 1.29 is 9.53 Å². The second kappa shape index (κ2) is 7.64. The highest BCUT2D eigenvalue weighted by Gasteiger charge is 2.31. The number of likely N-dealkylation sites (tertiary alicyclic amines) is 1. The standard InChI is InChI=1S/C17H33N3O2/c1-13-5-8-20(9-6-13)10-7-18-14-11-15(12-14)19-16(21)22-17(2,3)4/h13-15,18H,5-12H2,1-4H3,(H,19,21). The van der Waals surface area contributed by atoms with Crippen LogP contribution in [0.5, 0.6) is 0 Å². The fourth-order valence-electron chi connectivity index (χ4n) is 3.09. The van der Waals surface area contributed by atoms with Gasteiger partial charge in [-0.15, -0.1) is 0 Å². The van der Waals surface area contributed by atoms with Crippen molar-refractivity contribution in [3.05, 3.63) is 0 Å². The second-order valence-electron chi connectivity index (χ2n) is 7.99. The topological polar surface area (TPSA) is 53.6 Å². The summed E-state index contributed by atoms with van der Waals surface area (Å²) in [5, 5.41) is 6.53. The van der Waals surface area contributed by atoms with Gasteiger partial charge >= 0.3 is 6.09 Å². The number of rotatable bonds is 5. The molecule has 0 radical (unpaired) electrons. The normalized spacial score (nSPS) is 27.3. The number of alkyl carbamates (subject to hydrolysis) is 1. The molecule has 0 aromatic carbocycles. The zero-order valence-electron chi connectivity index (χ0n) is 14.7. The number of carbonyl (C=O) groups is 1. The van der Waals surface area contributed by atoms with Crippen molar-refractivity contribution in [2.45, 2.75) is 71.1 Å². The first-order valence-corrected chi connectivity index (χ1v) is 8.77. The Bertz CT molecular complexity index is 353. The Labute approximate surface area is 135 Å². The first-order chi connectivity index (χ1) is 10.3. The minimum absolute atomic E-state index is 0.267. The van der Waals surface area contributed by atoms with Crippen molar-refractivity contribution in [2.24, 2.45) is 5.92 Å². The lowest BCUT2D eigenvalue weighted by molar-refractivity contribution is 0.0464. The highest BCUT2D eigenvalue weighted by molar-refractivity contribution is 5.68. The summed E-state index contributed by atoms with van der Waals surface area (Å²) in [5.41, 5.74) is -0.419. The Hall–Kier alpha value is -0.810.